The summed E-state index contributed by atoms with van der Waals surface area (Å²) in [6.45, 7) is 1.85. The Morgan fingerprint density at radius 3 is 2.87 bits per heavy atom. The van der Waals surface area contributed by atoms with Gasteiger partial charge in [-0.15, -0.1) is 11.3 Å². The molecule has 0 amide bonds. The maximum Gasteiger partial charge on any atom is 0.182 e. The van der Waals surface area contributed by atoms with Crippen molar-refractivity contribution in [2.24, 2.45) is 7.05 Å². The molecule has 5 heteroatoms. The van der Waals surface area contributed by atoms with E-state index in [1.54, 1.807) is 11.7 Å². The van der Waals surface area contributed by atoms with Gasteiger partial charge in [0.05, 0.1) is 22.5 Å². The zero-order valence-electron chi connectivity index (χ0n) is 8.60. The van der Waals surface area contributed by atoms with Crippen molar-refractivity contribution in [1.82, 2.24) is 14.5 Å². The summed E-state index contributed by atoms with van der Waals surface area (Å²) in [6.07, 6.45) is 3.87. The van der Waals surface area contributed by atoms with Crippen molar-refractivity contribution < 1.29 is 4.79 Å². The molecular formula is C10H11N3OS. The predicted octanol–water partition coefficient (Wildman–Crippen LogP) is 1.61. The Kier molecular flexibility index (Phi) is 2.64. The van der Waals surface area contributed by atoms with Gasteiger partial charge in [-0.1, -0.05) is 0 Å². The van der Waals surface area contributed by atoms with Crippen molar-refractivity contribution in [3.8, 4) is 0 Å². The third kappa shape index (κ3) is 1.97. The van der Waals surface area contributed by atoms with Gasteiger partial charge in [-0.05, 0) is 6.92 Å². The Balaban J connectivity index is 2.18. The van der Waals surface area contributed by atoms with Crippen LogP contribution in [-0.2, 0) is 13.5 Å². The van der Waals surface area contributed by atoms with Crippen molar-refractivity contribution in [2.75, 3.05) is 0 Å². The second-order valence-electron chi connectivity index (χ2n) is 3.32. The lowest BCUT2D eigenvalue weighted by molar-refractivity contribution is 0.0993. The van der Waals surface area contributed by atoms with Gasteiger partial charge in [-0.25, -0.2) is 9.97 Å². The smallest absolute Gasteiger partial charge is 0.182 e. The van der Waals surface area contributed by atoms with Crippen LogP contribution in [0.3, 0.4) is 0 Å². The number of nitrogens with zero attached hydrogens (tertiary/aromatic N) is 3. The normalized spacial score (nSPS) is 10.5. The number of aryl methyl sites for hydroxylation is 2. The molecule has 78 valence electrons. The highest BCUT2D eigenvalue weighted by atomic mass is 32.1. The standard InChI is InChI=1S/C10H11N3OS/c1-7-10(15-6-12-7)8(14)5-9-11-3-4-13(9)2/h3-4,6H,5H2,1-2H3. The molecule has 0 unspecified atom stereocenters. The van der Waals surface area contributed by atoms with Gasteiger partial charge in [0.25, 0.3) is 0 Å². The topological polar surface area (TPSA) is 47.8 Å². The minimum Gasteiger partial charge on any atom is -0.338 e. The van der Waals surface area contributed by atoms with E-state index in [-0.39, 0.29) is 5.78 Å². The number of Topliss-reactive ketones (excluding diaryl/α,β-unsaturated/α-hetero) is 1. The van der Waals surface area contributed by atoms with E-state index >= 15 is 0 Å². The molecule has 2 heterocycles. The summed E-state index contributed by atoms with van der Waals surface area (Å²) in [5.74, 6) is 0.872. The second-order valence-corrected chi connectivity index (χ2v) is 4.18. The predicted molar refractivity (Wildman–Crippen MR) is 58.1 cm³/mol. The number of carbonyl (C=O) groups excluding carboxylic acids is 1. The summed E-state index contributed by atoms with van der Waals surface area (Å²) >= 11 is 1.39. The first-order chi connectivity index (χ1) is 7.18. The van der Waals surface area contributed by atoms with E-state index in [4.69, 9.17) is 0 Å². The molecule has 0 spiro atoms. The van der Waals surface area contributed by atoms with Gasteiger partial charge in [-0.3, -0.25) is 4.79 Å². The second kappa shape index (κ2) is 3.94. The lowest BCUT2D eigenvalue weighted by Gasteiger charge is -1.99. The van der Waals surface area contributed by atoms with Gasteiger partial charge in [0, 0.05) is 19.4 Å². The molecule has 0 aliphatic rings. The summed E-state index contributed by atoms with van der Waals surface area (Å²) in [6, 6.07) is 0. The Morgan fingerprint density at radius 2 is 2.33 bits per heavy atom. The van der Waals surface area contributed by atoms with E-state index in [9.17, 15) is 4.79 Å². The molecule has 0 aromatic carbocycles. The third-order valence-electron chi connectivity index (χ3n) is 2.24. The highest BCUT2D eigenvalue weighted by molar-refractivity contribution is 7.11. The van der Waals surface area contributed by atoms with E-state index in [0.717, 1.165) is 16.4 Å². The number of carbonyl (C=O) groups is 1. The molecule has 2 aromatic heterocycles. The van der Waals surface area contributed by atoms with Crippen LogP contribution in [0, 0.1) is 6.92 Å². The van der Waals surface area contributed by atoms with Gasteiger partial charge >= 0.3 is 0 Å². The molecule has 0 bridgehead atoms. The van der Waals surface area contributed by atoms with Crippen LogP contribution in [0.5, 0.6) is 0 Å². The average Bonchev–Trinajstić information content (AvgIpc) is 2.76. The molecule has 0 aliphatic carbocycles. The molecule has 0 radical (unpaired) electrons. The zero-order chi connectivity index (χ0) is 10.8. The van der Waals surface area contributed by atoms with Crippen molar-refractivity contribution in [3.05, 3.63) is 34.3 Å². The number of thiazole rings is 1. The zero-order valence-corrected chi connectivity index (χ0v) is 9.41. The van der Waals surface area contributed by atoms with Gasteiger partial charge in [0.15, 0.2) is 5.78 Å². The first-order valence-corrected chi connectivity index (χ1v) is 5.46. The third-order valence-corrected chi connectivity index (χ3v) is 3.21. The quantitative estimate of drug-likeness (QED) is 0.740. The molecule has 0 fully saturated rings. The number of hydrogen-bond acceptors (Lipinski definition) is 4. The van der Waals surface area contributed by atoms with Crippen LogP contribution in [0.1, 0.15) is 21.2 Å². The highest BCUT2D eigenvalue weighted by Gasteiger charge is 2.14. The van der Waals surface area contributed by atoms with Gasteiger partial charge in [0.2, 0.25) is 0 Å². The molecule has 0 saturated heterocycles. The molecule has 15 heavy (non-hydrogen) atoms. The summed E-state index contributed by atoms with van der Waals surface area (Å²) < 4.78 is 1.86. The van der Waals surface area contributed by atoms with Crippen LogP contribution in [0.4, 0.5) is 0 Å². The molecule has 0 saturated carbocycles. The van der Waals surface area contributed by atoms with Crippen LogP contribution in [0.25, 0.3) is 0 Å². The highest BCUT2D eigenvalue weighted by Crippen LogP contribution is 2.14. The number of ketones is 1. The molecule has 0 atom stereocenters. The van der Waals surface area contributed by atoms with E-state index in [0.29, 0.717) is 6.42 Å². The first-order valence-electron chi connectivity index (χ1n) is 4.58. The minimum absolute atomic E-state index is 0.0873. The number of hydrogen-bond donors (Lipinski definition) is 0. The van der Waals surface area contributed by atoms with E-state index in [1.807, 2.05) is 24.7 Å². The van der Waals surface area contributed by atoms with Crippen LogP contribution < -0.4 is 0 Å². The summed E-state index contributed by atoms with van der Waals surface area (Å²) in [4.78, 5) is 20.8. The fourth-order valence-electron chi connectivity index (χ4n) is 1.36. The van der Waals surface area contributed by atoms with Crippen molar-refractivity contribution in [3.63, 3.8) is 0 Å². The maximum absolute atomic E-state index is 11.9. The van der Waals surface area contributed by atoms with Crippen LogP contribution in [0.15, 0.2) is 17.9 Å². The monoisotopic (exact) mass is 221 g/mol. The lowest BCUT2D eigenvalue weighted by Crippen LogP contribution is -2.07. The fraction of sp³-hybridized carbons (Fsp3) is 0.300. The van der Waals surface area contributed by atoms with Crippen LogP contribution >= 0.6 is 11.3 Å². The van der Waals surface area contributed by atoms with Crippen molar-refractivity contribution >= 4 is 17.1 Å². The number of imidazole rings is 1. The SMILES string of the molecule is Cc1ncsc1C(=O)Cc1nccn1C. The van der Waals surface area contributed by atoms with Gasteiger partial charge in [0.1, 0.15) is 5.82 Å². The molecule has 0 aliphatic heterocycles. The average molecular weight is 221 g/mol. The Bertz CT molecular complexity index is 486. The maximum atomic E-state index is 11.9. The fourth-order valence-corrected chi connectivity index (χ4v) is 2.10. The molecule has 2 rings (SSSR count). The largest absolute Gasteiger partial charge is 0.338 e. The minimum atomic E-state index is 0.0873. The molecule has 0 N–H and O–H groups in total. The molecule has 4 nitrogen and oxygen atoms in total. The van der Waals surface area contributed by atoms with E-state index in [2.05, 4.69) is 9.97 Å². The van der Waals surface area contributed by atoms with Crippen molar-refractivity contribution in [2.45, 2.75) is 13.3 Å². The van der Waals surface area contributed by atoms with Crippen molar-refractivity contribution in [1.29, 1.82) is 0 Å². The van der Waals surface area contributed by atoms with Gasteiger partial charge < -0.3 is 4.57 Å². The van der Waals surface area contributed by atoms with Crippen LogP contribution in [0.2, 0.25) is 0 Å². The van der Waals surface area contributed by atoms with Crippen LogP contribution in [-0.4, -0.2) is 20.3 Å². The molecular weight excluding hydrogens is 210 g/mol. The number of rotatable bonds is 3. The van der Waals surface area contributed by atoms with Gasteiger partial charge in [-0.2, -0.15) is 0 Å². The number of aromatic nitrogens is 3. The Hall–Kier alpha value is -1.49. The first kappa shape index (κ1) is 10.0. The lowest BCUT2D eigenvalue weighted by atomic mass is 10.2. The summed E-state index contributed by atoms with van der Waals surface area (Å²) in [5.41, 5.74) is 2.50. The molecule has 2 aromatic rings. The Morgan fingerprint density at radius 1 is 1.53 bits per heavy atom. The van der Waals surface area contributed by atoms with E-state index < -0.39 is 0 Å². The summed E-state index contributed by atoms with van der Waals surface area (Å²) in [7, 11) is 1.88. The van der Waals surface area contributed by atoms with E-state index in [1.165, 1.54) is 11.3 Å². The Labute approximate surface area is 91.6 Å². The summed E-state index contributed by atoms with van der Waals surface area (Å²) in [5, 5.41) is 0.